The van der Waals surface area contributed by atoms with Crippen molar-refractivity contribution >= 4 is 45.6 Å². The number of fused-ring (bicyclic) bond motifs is 1. The first-order valence-corrected chi connectivity index (χ1v) is 8.47. The van der Waals surface area contributed by atoms with Crippen LogP contribution in [0.3, 0.4) is 0 Å². The molecule has 3 aromatic heterocycles. The maximum atomic E-state index is 5.85. The van der Waals surface area contributed by atoms with Crippen molar-refractivity contribution in [1.82, 2.24) is 19.5 Å². The van der Waals surface area contributed by atoms with Crippen LogP contribution in [0.2, 0.25) is 0 Å². The van der Waals surface area contributed by atoms with Crippen LogP contribution in [0.5, 0.6) is 5.75 Å². The predicted octanol–water partition coefficient (Wildman–Crippen LogP) is 3.33. The summed E-state index contributed by atoms with van der Waals surface area (Å²) in [6.07, 6.45) is 5.56. The lowest BCUT2D eigenvalue weighted by atomic mass is 10.1. The highest BCUT2D eigenvalue weighted by atomic mass is 127. The molecule has 0 spiro atoms. The van der Waals surface area contributed by atoms with E-state index in [1.807, 2.05) is 30.8 Å². The molecule has 2 N–H and O–H groups in total. The fourth-order valence-electron chi connectivity index (χ4n) is 2.84. The maximum absolute atomic E-state index is 5.85. The van der Waals surface area contributed by atoms with Gasteiger partial charge in [0.2, 0.25) is 5.95 Å². The molecule has 3 rings (SSSR count). The van der Waals surface area contributed by atoms with Crippen molar-refractivity contribution in [3.05, 3.63) is 45.1 Å². The van der Waals surface area contributed by atoms with Gasteiger partial charge in [0.05, 0.1) is 30.4 Å². The van der Waals surface area contributed by atoms with Crippen LogP contribution < -0.4 is 10.5 Å². The Hall–Kier alpha value is -2.16. The van der Waals surface area contributed by atoms with Crippen molar-refractivity contribution < 1.29 is 4.74 Å². The second-order valence-corrected chi connectivity index (χ2v) is 6.68. The van der Waals surface area contributed by atoms with Crippen molar-refractivity contribution in [1.29, 1.82) is 0 Å². The van der Waals surface area contributed by atoms with Gasteiger partial charge in [0.1, 0.15) is 11.4 Å². The fourth-order valence-corrected chi connectivity index (χ4v) is 3.70. The maximum Gasteiger partial charge on any atom is 0.222 e. The zero-order valence-electron chi connectivity index (χ0n) is 13.8. The number of pyridine rings is 1. The number of aryl methyl sites for hydroxylation is 1. The summed E-state index contributed by atoms with van der Waals surface area (Å²) in [7, 11) is 1.68. The summed E-state index contributed by atoms with van der Waals surface area (Å²) >= 11 is 2.28. The van der Waals surface area contributed by atoms with E-state index in [1.54, 1.807) is 13.2 Å². The quantitative estimate of drug-likeness (QED) is 0.637. The average molecular weight is 435 g/mol. The molecule has 0 fully saturated rings. The lowest BCUT2D eigenvalue weighted by Gasteiger charge is -2.13. The molecule has 0 aliphatic carbocycles. The first-order chi connectivity index (χ1) is 11.5. The van der Waals surface area contributed by atoms with Crippen molar-refractivity contribution in [2.45, 2.75) is 20.4 Å². The third-order valence-electron chi connectivity index (χ3n) is 3.98. The number of rotatable bonds is 4. The lowest BCUT2D eigenvalue weighted by Crippen LogP contribution is -2.07. The molecule has 0 unspecified atom stereocenters. The van der Waals surface area contributed by atoms with E-state index in [0.717, 1.165) is 42.9 Å². The summed E-state index contributed by atoms with van der Waals surface area (Å²) in [4.78, 5) is 13.2. The monoisotopic (exact) mass is 435 g/mol. The Balaban J connectivity index is 2.15. The summed E-state index contributed by atoms with van der Waals surface area (Å²) in [6.45, 7) is 8.40. The van der Waals surface area contributed by atoms with Gasteiger partial charge in [-0.3, -0.25) is 4.98 Å². The minimum Gasteiger partial charge on any atom is -0.496 e. The Morgan fingerprint density at radius 2 is 2.12 bits per heavy atom. The molecule has 3 aromatic rings. The van der Waals surface area contributed by atoms with Crippen LogP contribution in [-0.4, -0.2) is 26.6 Å². The number of hydrogen-bond donors (Lipinski definition) is 1. The van der Waals surface area contributed by atoms with E-state index in [4.69, 9.17) is 10.5 Å². The van der Waals surface area contributed by atoms with Gasteiger partial charge in [-0.2, -0.15) is 4.98 Å². The Labute approximate surface area is 153 Å². The molecule has 0 aliphatic rings. The number of nitrogens with two attached hydrogens (primary N) is 1. The minimum absolute atomic E-state index is 0.235. The SMILES string of the molecule is C=Cc1nc(N)nc2c1c(I)cn2Cc1ncc(C)c(OC)c1C. The van der Waals surface area contributed by atoms with E-state index in [2.05, 4.69) is 44.1 Å². The number of hydrogen-bond acceptors (Lipinski definition) is 5. The molecule has 124 valence electrons. The molecule has 0 saturated carbocycles. The third-order valence-corrected chi connectivity index (χ3v) is 4.80. The zero-order valence-corrected chi connectivity index (χ0v) is 16.0. The first kappa shape index (κ1) is 16.7. The van der Waals surface area contributed by atoms with E-state index in [0.29, 0.717) is 6.54 Å². The smallest absolute Gasteiger partial charge is 0.222 e. The fraction of sp³-hybridized carbons (Fsp3) is 0.235. The Morgan fingerprint density at radius 3 is 2.79 bits per heavy atom. The molecular formula is C17H18IN5O. The molecule has 0 atom stereocenters. The van der Waals surface area contributed by atoms with Gasteiger partial charge in [0.25, 0.3) is 0 Å². The number of ether oxygens (including phenoxy) is 1. The van der Waals surface area contributed by atoms with E-state index >= 15 is 0 Å². The molecule has 0 amide bonds. The number of nitrogen functional groups attached to an aromatic ring is 1. The van der Waals surface area contributed by atoms with E-state index in [1.165, 1.54) is 0 Å². The largest absolute Gasteiger partial charge is 0.496 e. The Bertz CT molecular complexity index is 948. The van der Waals surface area contributed by atoms with Gasteiger partial charge in [-0.1, -0.05) is 6.58 Å². The van der Waals surface area contributed by atoms with Crippen LogP contribution in [0.25, 0.3) is 17.1 Å². The van der Waals surface area contributed by atoms with Gasteiger partial charge in [-0.25, -0.2) is 4.98 Å². The van der Waals surface area contributed by atoms with Gasteiger partial charge in [0, 0.05) is 27.1 Å². The highest BCUT2D eigenvalue weighted by Crippen LogP contribution is 2.28. The van der Waals surface area contributed by atoms with Gasteiger partial charge in [-0.15, -0.1) is 0 Å². The number of anilines is 1. The lowest BCUT2D eigenvalue weighted by molar-refractivity contribution is 0.406. The molecule has 0 aromatic carbocycles. The van der Waals surface area contributed by atoms with Crippen molar-refractivity contribution in [3.63, 3.8) is 0 Å². The molecule has 3 heterocycles. The van der Waals surface area contributed by atoms with E-state index in [-0.39, 0.29) is 5.95 Å². The highest BCUT2D eigenvalue weighted by Gasteiger charge is 2.16. The molecule has 0 saturated heterocycles. The zero-order chi connectivity index (χ0) is 17.4. The van der Waals surface area contributed by atoms with Crippen LogP contribution in [0.15, 0.2) is 19.0 Å². The van der Waals surface area contributed by atoms with E-state index in [9.17, 15) is 0 Å². The van der Waals surface area contributed by atoms with Crippen LogP contribution in [0.1, 0.15) is 22.5 Å². The standard InChI is InChI=1S/C17H18IN5O/c1-5-12-14-11(18)7-23(16(14)22-17(19)21-12)8-13-10(3)15(24-4)9(2)6-20-13/h5-7H,1,8H2,2-4H3,(H2,19,21,22). The van der Waals surface area contributed by atoms with Crippen molar-refractivity contribution in [3.8, 4) is 5.75 Å². The molecule has 6 nitrogen and oxygen atoms in total. The number of aromatic nitrogens is 4. The van der Waals surface area contributed by atoms with Crippen LogP contribution in [-0.2, 0) is 6.54 Å². The highest BCUT2D eigenvalue weighted by molar-refractivity contribution is 14.1. The second-order valence-electron chi connectivity index (χ2n) is 5.52. The Morgan fingerprint density at radius 1 is 1.38 bits per heavy atom. The summed E-state index contributed by atoms with van der Waals surface area (Å²) < 4.78 is 8.58. The first-order valence-electron chi connectivity index (χ1n) is 7.39. The second kappa shape index (κ2) is 6.39. The summed E-state index contributed by atoms with van der Waals surface area (Å²) in [5, 5.41) is 0.955. The number of nitrogens with zero attached hydrogens (tertiary/aromatic N) is 4. The van der Waals surface area contributed by atoms with Crippen molar-refractivity contribution in [2.75, 3.05) is 12.8 Å². The van der Waals surface area contributed by atoms with Crippen LogP contribution >= 0.6 is 22.6 Å². The van der Waals surface area contributed by atoms with Crippen molar-refractivity contribution in [2.24, 2.45) is 0 Å². The molecule has 0 radical (unpaired) electrons. The number of halogens is 1. The number of methoxy groups -OCH3 is 1. The van der Waals surface area contributed by atoms with E-state index < -0.39 is 0 Å². The Kier molecular flexibility index (Phi) is 4.44. The molecule has 24 heavy (non-hydrogen) atoms. The molecule has 0 bridgehead atoms. The van der Waals surface area contributed by atoms with Gasteiger partial charge in [-0.05, 0) is 42.5 Å². The predicted molar refractivity (Wildman–Crippen MR) is 104 cm³/mol. The third kappa shape index (κ3) is 2.72. The minimum atomic E-state index is 0.235. The average Bonchev–Trinajstić information content (AvgIpc) is 2.86. The summed E-state index contributed by atoms with van der Waals surface area (Å²) in [5.74, 6) is 1.10. The van der Waals surface area contributed by atoms with Gasteiger partial charge >= 0.3 is 0 Å². The summed E-state index contributed by atoms with van der Waals surface area (Å²) in [5.41, 5.74) is 10.3. The molecule has 7 heteroatoms. The van der Waals surface area contributed by atoms with Gasteiger partial charge < -0.3 is 15.0 Å². The molecule has 0 aliphatic heterocycles. The normalized spacial score (nSPS) is 11.0. The van der Waals surface area contributed by atoms with Gasteiger partial charge in [0.15, 0.2) is 0 Å². The van der Waals surface area contributed by atoms with Crippen LogP contribution in [0.4, 0.5) is 5.95 Å². The topological polar surface area (TPSA) is 78.9 Å². The summed E-state index contributed by atoms with van der Waals surface area (Å²) in [6, 6.07) is 0. The van der Waals surface area contributed by atoms with Crippen LogP contribution in [0, 0.1) is 17.4 Å². The molecular weight excluding hydrogens is 417 g/mol.